The molecule has 0 bridgehead atoms. The Bertz CT molecular complexity index is 669. The van der Waals surface area contributed by atoms with E-state index in [9.17, 15) is 0 Å². The smallest absolute Gasteiger partial charge is 0.303 e. The first-order valence-electron chi connectivity index (χ1n) is 5.27. The molecule has 0 saturated carbocycles. The number of aryl methyl sites for hydroxylation is 2. The highest BCUT2D eigenvalue weighted by Crippen LogP contribution is 2.22. The maximum absolute atomic E-state index is 5.54. The molecule has 0 fully saturated rings. The second-order valence-corrected chi connectivity index (χ2v) is 3.89. The molecule has 86 valence electrons. The number of benzene rings is 1. The summed E-state index contributed by atoms with van der Waals surface area (Å²) in [5, 5.41) is 2.88. The molecule has 0 unspecified atom stereocenters. The quantitative estimate of drug-likeness (QED) is 0.731. The Morgan fingerprint density at radius 1 is 1.12 bits per heavy atom. The Balaban J connectivity index is 1.95. The van der Waals surface area contributed by atoms with Crippen LogP contribution in [0.25, 0.3) is 11.1 Å². The number of aromatic nitrogens is 2. The largest absolute Gasteiger partial charge is 0.429 e. The molecule has 0 amide bonds. The lowest BCUT2D eigenvalue weighted by Crippen LogP contribution is -1.89. The average Bonchev–Trinajstić information content (AvgIpc) is 2.84. The Morgan fingerprint density at radius 3 is 2.76 bits per heavy atom. The molecule has 3 rings (SSSR count). The highest BCUT2D eigenvalue weighted by atomic mass is 16.4. The summed E-state index contributed by atoms with van der Waals surface area (Å²) in [6.45, 7) is 3.83. The van der Waals surface area contributed by atoms with Crippen LogP contribution in [0.1, 0.15) is 11.3 Å². The van der Waals surface area contributed by atoms with E-state index in [2.05, 4.69) is 15.3 Å². The highest BCUT2D eigenvalue weighted by Gasteiger charge is 2.08. The number of nitrogens with one attached hydrogen (secondary N) is 1. The van der Waals surface area contributed by atoms with Crippen molar-refractivity contribution in [3.8, 4) is 0 Å². The SMILES string of the molecule is Cc1ccc2nc(Nc3ncc(C)o3)oc2c1. The van der Waals surface area contributed by atoms with Crippen LogP contribution in [0.4, 0.5) is 12.0 Å². The third kappa shape index (κ3) is 1.87. The van der Waals surface area contributed by atoms with E-state index in [1.807, 2.05) is 32.0 Å². The molecule has 0 saturated heterocycles. The van der Waals surface area contributed by atoms with Gasteiger partial charge in [-0.3, -0.25) is 5.32 Å². The number of hydrogen-bond donors (Lipinski definition) is 1. The first kappa shape index (κ1) is 9.89. The monoisotopic (exact) mass is 229 g/mol. The number of fused-ring (bicyclic) bond motifs is 1. The van der Waals surface area contributed by atoms with E-state index in [1.54, 1.807) is 6.20 Å². The number of rotatable bonds is 2. The molecule has 3 aromatic rings. The minimum absolute atomic E-state index is 0.380. The zero-order valence-electron chi connectivity index (χ0n) is 9.52. The second kappa shape index (κ2) is 3.62. The zero-order valence-corrected chi connectivity index (χ0v) is 9.52. The van der Waals surface area contributed by atoms with Gasteiger partial charge in [-0.1, -0.05) is 6.07 Å². The van der Waals surface area contributed by atoms with Crippen molar-refractivity contribution >= 4 is 23.1 Å². The summed E-state index contributed by atoms with van der Waals surface area (Å²) in [4.78, 5) is 8.30. The van der Waals surface area contributed by atoms with Crippen molar-refractivity contribution in [1.29, 1.82) is 0 Å². The van der Waals surface area contributed by atoms with Gasteiger partial charge < -0.3 is 8.83 Å². The van der Waals surface area contributed by atoms with Gasteiger partial charge in [0.2, 0.25) is 0 Å². The Kier molecular flexibility index (Phi) is 2.11. The fraction of sp³-hybridized carbons (Fsp3) is 0.167. The molecule has 0 atom stereocenters. The van der Waals surface area contributed by atoms with Gasteiger partial charge >= 0.3 is 12.0 Å². The first-order valence-corrected chi connectivity index (χ1v) is 5.27. The van der Waals surface area contributed by atoms with Crippen molar-refractivity contribution in [2.24, 2.45) is 0 Å². The molecule has 0 radical (unpaired) electrons. The normalized spacial score (nSPS) is 10.9. The lowest BCUT2D eigenvalue weighted by molar-refractivity contribution is 0.537. The van der Waals surface area contributed by atoms with Gasteiger partial charge in [0.05, 0.1) is 6.20 Å². The molecular formula is C12H11N3O2. The molecular weight excluding hydrogens is 218 g/mol. The lowest BCUT2D eigenvalue weighted by Gasteiger charge is -1.92. The van der Waals surface area contributed by atoms with Crippen molar-refractivity contribution in [3.63, 3.8) is 0 Å². The molecule has 17 heavy (non-hydrogen) atoms. The van der Waals surface area contributed by atoms with E-state index >= 15 is 0 Å². The van der Waals surface area contributed by atoms with Crippen LogP contribution < -0.4 is 5.32 Å². The molecule has 0 aliphatic heterocycles. The van der Waals surface area contributed by atoms with Crippen molar-refractivity contribution in [3.05, 3.63) is 35.7 Å². The van der Waals surface area contributed by atoms with Crippen LogP contribution in [0.15, 0.2) is 33.2 Å². The maximum Gasteiger partial charge on any atom is 0.303 e. The summed E-state index contributed by atoms with van der Waals surface area (Å²) in [7, 11) is 0. The molecule has 0 spiro atoms. The summed E-state index contributed by atoms with van der Waals surface area (Å²) >= 11 is 0. The molecule has 5 heteroatoms. The number of oxazole rings is 2. The van der Waals surface area contributed by atoms with Crippen molar-refractivity contribution in [2.75, 3.05) is 5.32 Å². The first-order chi connectivity index (χ1) is 8.20. The van der Waals surface area contributed by atoms with Gasteiger partial charge in [-0.15, -0.1) is 0 Å². The van der Waals surface area contributed by atoms with Gasteiger partial charge in [0.1, 0.15) is 11.3 Å². The van der Waals surface area contributed by atoms with E-state index in [1.165, 1.54) is 0 Å². The Hall–Kier alpha value is -2.30. The molecule has 1 aromatic carbocycles. The van der Waals surface area contributed by atoms with E-state index in [0.717, 1.165) is 22.4 Å². The van der Waals surface area contributed by atoms with Gasteiger partial charge in [-0.2, -0.15) is 4.98 Å². The summed E-state index contributed by atoms with van der Waals surface area (Å²) in [5.74, 6) is 0.736. The van der Waals surface area contributed by atoms with Gasteiger partial charge in [-0.05, 0) is 31.5 Å². The molecule has 1 N–H and O–H groups in total. The topological polar surface area (TPSA) is 64.1 Å². The van der Waals surface area contributed by atoms with Crippen molar-refractivity contribution in [1.82, 2.24) is 9.97 Å². The van der Waals surface area contributed by atoms with Crippen LogP contribution >= 0.6 is 0 Å². The van der Waals surface area contributed by atoms with Crippen LogP contribution in [-0.2, 0) is 0 Å². The van der Waals surface area contributed by atoms with Crippen LogP contribution in [0.3, 0.4) is 0 Å². The minimum Gasteiger partial charge on any atom is -0.429 e. The zero-order chi connectivity index (χ0) is 11.8. The number of hydrogen-bond acceptors (Lipinski definition) is 5. The Morgan fingerprint density at radius 2 is 2.00 bits per heavy atom. The summed E-state index contributed by atoms with van der Waals surface area (Å²) in [6.07, 6.45) is 1.63. The molecule has 0 aliphatic carbocycles. The van der Waals surface area contributed by atoms with Gasteiger partial charge in [-0.25, -0.2) is 4.98 Å². The van der Waals surface area contributed by atoms with Crippen LogP contribution in [0.2, 0.25) is 0 Å². The summed E-state index contributed by atoms with van der Waals surface area (Å²) < 4.78 is 10.8. The fourth-order valence-electron chi connectivity index (χ4n) is 1.59. The predicted octanol–water partition coefficient (Wildman–Crippen LogP) is 3.18. The molecule has 2 aromatic heterocycles. The second-order valence-electron chi connectivity index (χ2n) is 3.89. The molecule has 5 nitrogen and oxygen atoms in total. The maximum atomic E-state index is 5.54. The molecule has 2 heterocycles. The summed E-state index contributed by atoms with van der Waals surface area (Å²) in [5.41, 5.74) is 2.68. The van der Waals surface area contributed by atoms with Crippen LogP contribution in [0.5, 0.6) is 0 Å². The van der Waals surface area contributed by atoms with Crippen molar-refractivity contribution in [2.45, 2.75) is 13.8 Å². The van der Waals surface area contributed by atoms with Crippen LogP contribution in [-0.4, -0.2) is 9.97 Å². The third-order valence-electron chi connectivity index (χ3n) is 2.38. The average molecular weight is 229 g/mol. The predicted molar refractivity (Wildman–Crippen MR) is 63.3 cm³/mol. The van der Waals surface area contributed by atoms with Crippen LogP contribution in [0, 0.1) is 13.8 Å². The minimum atomic E-state index is 0.380. The molecule has 0 aliphatic rings. The van der Waals surface area contributed by atoms with Gasteiger partial charge in [0.15, 0.2) is 5.58 Å². The number of anilines is 2. The number of nitrogens with zero attached hydrogens (tertiary/aromatic N) is 2. The third-order valence-corrected chi connectivity index (χ3v) is 2.38. The fourth-order valence-corrected chi connectivity index (χ4v) is 1.59. The van der Waals surface area contributed by atoms with E-state index in [0.29, 0.717) is 12.0 Å². The lowest BCUT2D eigenvalue weighted by atomic mass is 10.2. The Labute approximate surface area is 97.5 Å². The van der Waals surface area contributed by atoms with E-state index < -0.39 is 0 Å². The van der Waals surface area contributed by atoms with E-state index in [4.69, 9.17) is 8.83 Å². The van der Waals surface area contributed by atoms with E-state index in [-0.39, 0.29) is 0 Å². The highest BCUT2D eigenvalue weighted by molar-refractivity contribution is 5.75. The van der Waals surface area contributed by atoms with Crippen molar-refractivity contribution < 1.29 is 8.83 Å². The summed E-state index contributed by atoms with van der Waals surface area (Å²) in [6, 6.07) is 6.61. The standard InChI is InChI=1S/C12H11N3O2/c1-7-3-4-9-10(5-7)17-12(14-9)15-11-13-6-8(2)16-11/h3-6H,1-2H3,(H,13,14,15). The van der Waals surface area contributed by atoms with Gasteiger partial charge in [0.25, 0.3) is 0 Å². The van der Waals surface area contributed by atoms with Gasteiger partial charge in [0, 0.05) is 0 Å².